The van der Waals surface area contributed by atoms with Crippen LogP contribution in [0.1, 0.15) is 27.2 Å². The van der Waals surface area contributed by atoms with Crippen molar-refractivity contribution in [1.29, 1.82) is 0 Å². The number of ether oxygens (including phenoxy) is 1. The molecule has 0 bridgehead atoms. The molecule has 3 nitrogen and oxygen atoms in total. The molecular weight excluding hydrogens is 236 g/mol. The van der Waals surface area contributed by atoms with Crippen LogP contribution in [0, 0.1) is 0 Å². The van der Waals surface area contributed by atoms with Gasteiger partial charge in [-0.3, -0.25) is 4.18 Å². The number of carbonyl (C=O) groups is 1. The van der Waals surface area contributed by atoms with Gasteiger partial charge in [0.15, 0.2) is 6.61 Å². The minimum atomic E-state index is -0.419. The SMILES string of the molecule is CCC(C)(C)OC(=O)COSc1ccccc1. The number of esters is 1. The molecule has 1 aromatic carbocycles. The summed E-state index contributed by atoms with van der Waals surface area (Å²) in [6.45, 7) is 5.71. The molecule has 0 aromatic heterocycles. The number of rotatable bonds is 6. The van der Waals surface area contributed by atoms with Crippen LogP contribution >= 0.6 is 12.0 Å². The predicted molar refractivity (Wildman–Crippen MR) is 68.7 cm³/mol. The quantitative estimate of drug-likeness (QED) is 0.575. The molecule has 0 unspecified atom stereocenters. The summed E-state index contributed by atoms with van der Waals surface area (Å²) in [5.41, 5.74) is -0.419. The van der Waals surface area contributed by atoms with Gasteiger partial charge in [0.1, 0.15) is 5.60 Å². The van der Waals surface area contributed by atoms with Gasteiger partial charge in [-0.15, -0.1) is 0 Å². The van der Waals surface area contributed by atoms with Crippen LogP contribution in [0.25, 0.3) is 0 Å². The van der Waals surface area contributed by atoms with Gasteiger partial charge < -0.3 is 4.74 Å². The van der Waals surface area contributed by atoms with Crippen molar-refractivity contribution in [3.8, 4) is 0 Å². The minimum absolute atomic E-state index is 0.0387. The molecule has 1 aromatic rings. The summed E-state index contributed by atoms with van der Waals surface area (Å²) < 4.78 is 10.5. The summed E-state index contributed by atoms with van der Waals surface area (Å²) >= 11 is 1.18. The van der Waals surface area contributed by atoms with Gasteiger partial charge in [-0.1, -0.05) is 25.1 Å². The van der Waals surface area contributed by atoms with Crippen molar-refractivity contribution in [3.05, 3.63) is 30.3 Å². The summed E-state index contributed by atoms with van der Waals surface area (Å²) in [6.07, 6.45) is 0.782. The average molecular weight is 254 g/mol. The van der Waals surface area contributed by atoms with Crippen molar-refractivity contribution in [2.45, 2.75) is 37.7 Å². The maximum absolute atomic E-state index is 11.4. The fraction of sp³-hybridized carbons (Fsp3) is 0.462. The maximum atomic E-state index is 11.4. The van der Waals surface area contributed by atoms with Crippen molar-refractivity contribution in [1.82, 2.24) is 0 Å². The molecule has 0 aliphatic heterocycles. The van der Waals surface area contributed by atoms with Crippen LogP contribution < -0.4 is 0 Å². The molecule has 0 saturated heterocycles. The van der Waals surface area contributed by atoms with Crippen LogP contribution in [0.4, 0.5) is 0 Å². The number of hydrogen-bond acceptors (Lipinski definition) is 4. The van der Waals surface area contributed by atoms with E-state index in [9.17, 15) is 4.79 Å². The fourth-order valence-corrected chi connectivity index (χ4v) is 1.59. The van der Waals surface area contributed by atoms with Gasteiger partial charge in [-0.05, 0) is 32.4 Å². The van der Waals surface area contributed by atoms with Crippen molar-refractivity contribution >= 4 is 18.0 Å². The first-order valence-electron chi connectivity index (χ1n) is 5.60. The van der Waals surface area contributed by atoms with Gasteiger partial charge in [0.2, 0.25) is 0 Å². The number of carbonyl (C=O) groups excluding carboxylic acids is 1. The lowest BCUT2D eigenvalue weighted by molar-refractivity contribution is -0.158. The summed E-state index contributed by atoms with van der Waals surface area (Å²) in [5, 5.41) is 0. The van der Waals surface area contributed by atoms with Crippen molar-refractivity contribution < 1.29 is 13.7 Å². The van der Waals surface area contributed by atoms with Gasteiger partial charge in [-0.2, -0.15) is 0 Å². The van der Waals surface area contributed by atoms with Crippen LogP contribution in [0.5, 0.6) is 0 Å². The molecule has 17 heavy (non-hydrogen) atoms. The normalized spacial score (nSPS) is 11.2. The third-order valence-electron chi connectivity index (χ3n) is 2.32. The van der Waals surface area contributed by atoms with Crippen LogP contribution in [0.2, 0.25) is 0 Å². The molecule has 0 aliphatic carbocycles. The Hall–Kier alpha value is -1.00. The first-order chi connectivity index (χ1) is 8.03. The lowest BCUT2D eigenvalue weighted by atomic mass is 10.1. The van der Waals surface area contributed by atoms with E-state index in [2.05, 4.69) is 0 Å². The second-order valence-electron chi connectivity index (χ2n) is 4.25. The zero-order valence-electron chi connectivity index (χ0n) is 10.4. The van der Waals surface area contributed by atoms with Crippen LogP contribution in [0.3, 0.4) is 0 Å². The number of hydrogen-bond donors (Lipinski definition) is 0. The topological polar surface area (TPSA) is 35.5 Å². The van der Waals surface area contributed by atoms with Gasteiger partial charge in [0.25, 0.3) is 0 Å². The molecule has 0 radical (unpaired) electrons. The Kier molecular flexibility index (Phi) is 5.51. The van der Waals surface area contributed by atoms with E-state index in [1.807, 2.05) is 51.1 Å². The average Bonchev–Trinajstić information content (AvgIpc) is 2.30. The third kappa shape index (κ3) is 5.75. The molecule has 94 valence electrons. The monoisotopic (exact) mass is 254 g/mol. The second kappa shape index (κ2) is 6.67. The van der Waals surface area contributed by atoms with Gasteiger partial charge in [-0.25, -0.2) is 4.79 Å². The molecule has 0 spiro atoms. The highest BCUT2D eigenvalue weighted by atomic mass is 32.2. The smallest absolute Gasteiger partial charge is 0.333 e. The lowest BCUT2D eigenvalue weighted by Gasteiger charge is -2.22. The second-order valence-corrected chi connectivity index (χ2v) is 5.12. The van der Waals surface area contributed by atoms with E-state index in [0.717, 1.165) is 11.3 Å². The summed E-state index contributed by atoms with van der Waals surface area (Å²) in [4.78, 5) is 12.4. The Morgan fingerprint density at radius 2 is 1.94 bits per heavy atom. The standard InChI is InChI=1S/C13H18O3S/c1-4-13(2,3)16-12(14)10-15-17-11-8-6-5-7-9-11/h5-9H,4,10H2,1-3H3. The summed E-state index contributed by atoms with van der Waals surface area (Å²) in [5.74, 6) is -0.333. The van der Waals surface area contributed by atoms with Crippen molar-refractivity contribution in [2.24, 2.45) is 0 Å². The molecular formula is C13H18O3S. The van der Waals surface area contributed by atoms with E-state index >= 15 is 0 Å². The van der Waals surface area contributed by atoms with E-state index in [0.29, 0.717) is 0 Å². The molecule has 0 atom stereocenters. The highest BCUT2D eigenvalue weighted by molar-refractivity contribution is 7.94. The van der Waals surface area contributed by atoms with E-state index in [4.69, 9.17) is 8.92 Å². The largest absolute Gasteiger partial charge is 0.458 e. The molecule has 0 saturated carbocycles. The van der Waals surface area contributed by atoms with Gasteiger partial charge in [0, 0.05) is 16.9 Å². The van der Waals surface area contributed by atoms with Crippen molar-refractivity contribution in [3.63, 3.8) is 0 Å². The van der Waals surface area contributed by atoms with Gasteiger partial charge >= 0.3 is 5.97 Å². The third-order valence-corrected chi connectivity index (χ3v) is 3.02. The molecule has 4 heteroatoms. The van der Waals surface area contributed by atoms with Crippen LogP contribution in [0.15, 0.2) is 35.2 Å². The van der Waals surface area contributed by atoms with Crippen molar-refractivity contribution in [2.75, 3.05) is 6.61 Å². The Balaban J connectivity index is 2.25. The van der Waals surface area contributed by atoms with Gasteiger partial charge in [0.05, 0.1) is 0 Å². The fourth-order valence-electron chi connectivity index (χ4n) is 1.03. The van der Waals surface area contributed by atoms with E-state index in [1.54, 1.807) is 0 Å². The maximum Gasteiger partial charge on any atom is 0.333 e. The summed E-state index contributed by atoms with van der Waals surface area (Å²) in [6, 6.07) is 9.62. The molecule has 0 fully saturated rings. The molecule has 0 N–H and O–H groups in total. The summed E-state index contributed by atoms with van der Waals surface area (Å²) in [7, 11) is 0. The predicted octanol–water partition coefficient (Wildman–Crippen LogP) is 3.44. The van der Waals surface area contributed by atoms with Crippen LogP contribution in [-0.2, 0) is 13.7 Å². The minimum Gasteiger partial charge on any atom is -0.458 e. The zero-order valence-corrected chi connectivity index (χ0v) is 11.3. The first kappa shape index (κ1) is 14.1. The Morgan fingerprint density at radius 3 is 2.53 bits per heavy atom. The molecule has 0 heterocycles. The van der Waals surface area contributed by atoms with E-state index in [-0.39, 0.29) is 12.6 Å². The van der Waals surface area contributed by atoms with E-state index < -0.39 is 5.60 Å². The molecule has 0 aliphatic rings. The Labute approximate surface area is 107 Å². The highest BCUT2D eigenvalue weighted by Crippen LogP contribution is 2.19. The van der Waals surface area contributed by atoms with E-state index in [1.165, 1.54) is 12.0 Å². The Bertz CT molecular complexity index is 349. The molecule has 1 rings (SSSR count). The lowest BCUT2D eigenvalue weighted by Crippen LogP contribution is -2.28. The molecule has 0 amide bonds. The van der Waals surface area contributed by atoms with Crippen LogP contribution in [-0.4, -0.2) is 18.2 Å². The Morgan fingerprint density at radius 1 is 1.29 bits per heavy atom. The first-order valence-corrected chi connectivity index (χ1v) is 6.34. The highest BCUT2D eigenvalue weighted by Gasteiger charge is 2.20. The zero-order chi connectivity index (χ0) is 12.7. The number of benzene rings is 1.